The number of hydrogen-bond donors (Lipinski definition) is 0. The maximum atomic E-state index is 13.6. The van der Waals surface area contributed by atoms with Gasteiger partial charge in [-0.1, -0.05) is 43.3 Å². The second-order valence-electron chi connectivity index (χ2n) is 6.93. The molecule has 0 spiro atoms. The van der Waals surface area contributed by atoms with Crippen LogP contribution in [0, 0.1) is 11.2 Å². The highest BCUT2D eigenvalue weighted by Crippen LogP contribution is 2.49. The molecule has 4 heteroatoms. The molecule has 4 rings (SSSR count). The summed E-state index contributed by atoms with van der Waals surface area (Å²) in [5, 5.41) is 1.20. The number of nitrogens with zero attached hydrogens (tertiary/aromatic N) is 1. The second-order valence-corrected chi connectivity index (χ2v) is 7.94. The van der Waals surface area contributed by atoms with E-state index in [1.54, 1.807) is 12.3 Å². The largest absolute Gasteiger partial charge is 0.286 e. The van der Waals surface area contributed by atoms with Crippen molar-refractivity contribution in [1.82, 2.24) is 4.98 Å². The lowest BCUT2D eigenvalue weighted by Gasteiger charge is -2.39. The third-order valence-electron chi connectivity index (χ3n) is 5.48. The Balaban J connectivity index is 1.73. The molecule has 0 amide bonds. The molecule has 0 N–H and O–H groups in total. The van der Waals surface area contributed by atoms with Gasteiger partial charge in [-0.25, -0.2) is 4.39 Å². The first-order valence-corrected chi connectivity index (χ1v) is 9.80. The van der Waals surface area contributed by atoms with Crippen LogP contribution in [0.15, 0.2) is 59.6 Å². The van der Waals surface area contributed by atoms with E-state index < -0.39 is 0 Å². The molecule has 2 aromatic carbocycles. The summed E-state index contributed by atoms with van der Waals surface area (Å²) >= 11 is 1.33. The number of fused-ring (bicyclic) bond motifs is 1. The predicted molar refractivity (Wildman–Crippen MR) is 105 cm³/mol. The number of halogens is 1. The number of pyridine rings is 1. The van der Waals surface area contributed by atoms with Gasteiger partial charge < -0.3 is 0 Å². The molecule has 1 aliphatic rings. The third-order valence-corrected chi connectivity index (χ3v) is 6.68. The van der Waals surface area contributed by atoms with E-state index in [4.69, 9.17) is 0 Å². The molecule has 26 heavy (non-hydrogen) atoms. The van der Waals surface area contributed by atoms with Crippen molar-refractivity contribution in [2.24, 2.45) is 5.41 Å². The Labute approximate surface area is 156 Å². The van der Waals surface area contributed by atoms with E-state index in [-0.39, 0.29) is 16.3 Å². The predicted octanol–water partition coefficient (Wildman–Crippen LogP) is 6.24. The standard InChI is InChI=1S/C22H20FNOS/c1-2-22(10-4-11-22)21(25)26-20-9-12-24-19-8-7-16(14-18(19)20)15-5-3-6-17(23)13-15/h3,5-9,12-14H,2,4,10-11H2,1H3. The molecular formula is C22H20FNOS. The van der Waals surface area contributed by atoms with Gasteiger partial charge in [-0.05, 0) is 60.7 Å². The van der Waals surface area contributed by atoms with E-state index >= 15 is 0 Å². The number of thioether (sulfide) groups is 1. The molecule has 0 saturated heterocycles. The molecule has 1 fully saturated rings. The molecular weight excluding hydrogens is 345 g/mol. The fraction of sp³-hybridized carbons (Fsp3) is 0.273. The molecule has 1 aromatic heterocycles. The lowest BCUT2D eigenvalue weighted by Crippen LogP contribution is -2.35. The number of aromatic nitrogens is 1. The van der Waals surface area contributed by atoms with Gasteiger partial charge in [-0.3, -0.25) is 9.78 Å². The Morgan fingerprint density at radius 2 is 1.96 bits per heavy atom. The SMILES string of the molecule is CCC1(C(=O)Sc2ccnc3ccc(-c4cccc(F)c4)cc23)CCC1. The molecule has 0 unspecified atom stereocenters. The van der Waals surface area contributed by atoms with Gasteiger partial charge in [0.2, 0.25) is 0 Å². The summed E-state index contributed by atoms with van der Waals surface area (Å²) in [6.45, 7) is 2.10. The van der Waals surface area contributed by atoms with Crippen molar-refractivity contribution in [2.75, 3.05) is 0 Å². The van der Waals surface area contributed by atoms with Crippen molar-refractivity contribution in [3.05, 3.63) is 60.5 Å². The van der Waals surface area contributed by atoms with Crippen LogP contribution in [-0.2, 0) is 4.79 Å². The zero-order chi connectivity index (χ0) is 18.1. The highest BCUT2D eigenvalue weighted by atomic mass is 32.2. The first-order chi connectivity index (χ1) is 12.6. The lowest BCUT2D eigenvalue weighted by atomic mass is 9.68. The topological polar surface area (TPSA) is 30.0 Å². The number of hydrogen-bond acceptors (Lipinski definition) is 3. The molecule has 0 atom stereocenters. The molecule has 132 valence electrons. The van der Waals surface area contributed by atoms with Crippen LogP contribution >= 0.6 is 11.8 Å². The number of benzene rings is 2. The van der Waals surface area contributed by atoms with Gasteiger partial charge in [0, 0.05) is 21.9 Å². The van der Waals surface area contributed by atoms with Gasteiger partial charge in [0.05, 0.1) is 5.52 Å². The van der Waals surface area contributed by atoms with Gasteiger partial charge >= 0.3 is 0 Å². The minimum absolute atomic E-state index is 0.152. The Morgan fingerprint density at radius 3 is 2.65 bits per heavy atom. The molecule has 0 bridgehead atoms. The quantitative estimate of drug-likeness (QED) is 0.513. The van der Waals surface area contributed by atoms with E-state index in [0.29, 0.717) is 0 Å². The Morgan fingerprint density at radius 1 is 1.15 bits per heavy atom. The van der Waals surface area contributed by atoms with Crippen molar-refractivity contribution < 1.29 is 9.18 Å². The van der Waals surface area contributed by atoms with Gasteiger partial charge in [0.15, 0.2) is 5.12 Å². The van der Waals surface area contributed by atoms with Crippen molar-refractivity contribution in [1.29, 1.82) is 0 Å². The summed E-state index contributed by atoms with van der Waals surface area (Å²) in [5.74, 6) is -0.256. The molecule has 3 aromatic rings. The number of carbonyl (C=O) groups excluding carboxylic acids is 1. The first kappa shape index (κ1) is 17.2. The fourth-order valence-electron chi connectivity index (χ4n) is 3.57. The minimum atomic E-state index is -0.256. The highest BCUT2D eigenvalue weighted by Gasteiger charge is 2.42. The van der Waals surface area contributed by atoms with Crippen LogP contribution in [-0.4, -0.2) is 10.1 Å². The van der Waals surface area contributed by atoms with Crippen molar-refractivity contribution in [3.8, 4) is 11.1 Å². The van der Waals surface area contributed by atoms with E-state index in [0.717, 1.165) is 52.6 Å². The van der Waals surface area contributed by atoms with E-state index in [1.165, 1.54) is 23.9 Å². The van der Waals surface area contributed by atoms with Crippen LogP contribution in [0.2, 0.25) is 0 Å². The Bertz CT molecular complexity index is 975. The van der Waals surface area contributed by atoms with E-state index in [2.05, 4.69) is 11.9 Å². The second kappa shape index (κ2) is 6.84. The maximum Gasteiger partial charge on any atom is 0.199 e. The molecule has 1 aliphatic carbocycles. The molecule has 0 radical (unpaired) electrons. The van der Waals surface area contributed by atoms with Gasteiger partial charge in [0.25, 0.3) is 0 Å². The number of rotatable bonds is 4. The zero-order valence-electron chi connectivity index (χ0n) is 14.7. The van der Waals surface area contributed by atoms with Crippen LogP contribution in [0.1, 0.15) is 32.6 Å². The van der Waals surface area contributed by atoms with Crippen LogP contribution in [0.3, 0.4) is 0 Å². The van der Waals surface area contributed by atoms with Gasteiger partial charge in [0.1, 0.15) is 5.82 Å². The molecule has 1 saturated carbocycles. The molecule has 2 nitrogen and oxygen atoms in total. The molecule has 1 heterocycles. The summed E-state index contributed by atoms with van der Waals surface area (Å²) in [5.41, 5.74) is 2.44. The van der Waals surface area contributed by atoms with Crippen molar-refractivity contribution in [3.63, 3.8) is 0 Å². The maximum absolute atomic E-state index is 13.6. The minimum Gasteiger partial charge on any atom is -0.286 e. The third kappa shape index (κ3) is 3.03. The summed E-state index contributed by atoms with van der Waals surface area (Å²) < 4.78 is 13.6. The molecule has 0 aliphatic heterocycles. The summed E-state index contributed by atoms with van der Waals surface area (Å²) in [6, 6.07) is 14.3. The van der Waals surface area contributed by atoms with Crippen LogP contribution in [0.4, 0.5) is 4.39 Å². The van der Waals surface area contributed by atoms with Gasteiger partial charge in [-0.2, -0.15) is 0 Å². The summed E-state index contributed by atoms with van der Waals surface area (Å²) in [7, 11) is 0. The average Bonchev–Trinajstić information content (AvgIpc) is 2.61. The Kier molecular flexibility index (Phi) is 4.53. The van der Waals surface area contributed by atoms with Crippen LogP contribution < -0.4 is 0 Å². The van der Waals surface area contributed by atoms with Crippen molar-refractivity contribution >= 4 is 27.8 Å². The fourth-order valence-corrected chi connectivity index (χ4v) is 4.74. The number of carbonyl (C=O) groups is 1. The zero-order valence-corrected chi connectivity index (χ0v) is 15.5. The van der Waals surface area contributed by atoms with Crippen LogP contribution in [0.5, 0.6) is 0 Å². The lowest BCUT2D eigenvalue weighted by molar-refractivity contribution is -0.124. The monoisotopic (exact) mass is 365 g/mol. The van der Waals surface area contributed by atoms with E-state index in [1.807, 2.05) is 30.3 Å². The van der Waals surface area contributed by atoms with Crippen LogP contribution in [0.25, 0.3) is 22.0 Å². The first-order valence-electron chi connectivity index (χ1n) is 8.98. The normalized spacial score (nSPS) is 15.6. The smallest absolute Gasteiger partial charge is 0.199 e. The highest BCUT2D eigenvalue weighted by molar-refractivity contribution is 8.14. The average molecular weight is 365 g/mol. The van der Waals surface area contributed by atoms with Gasteiger partial charge in [-0.15, -0.1) is 0 Å². The van der Waals surface area contributed by atoms with E-state index in [9.17, 15) is 9.18 Å². The van der Waals surface area contributed by atoms with Crippen molar-refractivity contribution in [2.45, 2.75) is 37.5 Å². The summed E-state index contributed by atoms with van der Waals surface area (Å²) in [4.78, 5) is 18.2. The summed E-state index contributed by atoms with van der Waals surface area (Å²) in [6.07, 6.45) is 5.77. The Hall–Kier alpha value is -2.20.